The molecule has 3 aromatic carbocycles. The zero-order valence-electron chi connectivity index (χ0n) is 23.7. The Kier molecular flexibility index (Phi) is 10.4. The molecule has 3 rings (SSSR count). The van der Waals surface area contributed by atoms with Crippen molar-refractivity contribution in [2.24, 2.45) is 0 Å². The summed E-state index contributed by atoms with van der Waals surface area (Å²) >= 11 is 6.46. The van der Waals surface area contributed by atoms with Gasteiger partial charge in [-0.3, -0.25) is 13.9 Å². The molecule has 0 aliphatic carbocycles. The molecule has 214 valence electrons. The number of benzene rings is 3. The van der Waals surface area contributed by atoms with Gasteiger partial charge in [0.05, 0.1) is 11.9 Å². The van der Waals surface area contributed by atoms with Crippen molar-refractivity contribution >= 4 is 39.1 Å². The van der Waals surface area contributed by atoms with Crippen LogP contribution in [0, 0.1) is 0 Å². The van der Waals surface area contributed by atoms with Gasteiger partial charge in [0.1, 0.15) is 12.6 Å². The third-order valence-electron chi connectivity index (χ3n) is 6.62. The first-order chi connectivity index (χ1) is 18.8. The normalized spacial score (nSPS) is 12.4. The molecule has 0 fully saturated rings. The van der Waals surface area contributed by atoms with Crippen LogP contribution in [-0.4, -0.2) is 50.5 Å². The van der Waals surface area contributed by atoms with Crippen LogP contribution in [0.15, 0.2) is 78.9 Å². The Morgan fingerprint density at radius 2 is 1.52 bits per heavy atom. The number of carbonyl (C=O) groups is 2. The highest BCUT2D eigenvalue weighted by Gasteiger charge is 2.33. The van der Waals surface area contributed by atoms with Crippen molar-refractivity contribution in [2.45, 2.75) is 52.1 Å². The maximum atomic E-state index is 14.1. The summed E-state index contributed by atoms with van der Waals surface area (Å²) in [5.74, 6) is -0.843. The molecule has 0 bridgehead atoms. The molecule has 0 radical (unpaired) electrons. The highest BCUT2D eigenvalue weighted by Crippen LogP contribution is 2.27. The molecule has 0 heterocycles. The second-order valence-corrected chi connectivity index (χ2v) is 13.1. The summed E-state index contributed by atoms with van der Waals surface area (Å²) in [7, 11) is -3.83. The Morgan fingerprint density at radius 3 is 2.08 bits per heavy atom. The van der Waals surface area contributed by atoms with Crippen LogP contribution in [0.4, 0.5) is 5.69 Å². The SMILES string of the molecule is CCNC(=O)[C@H](Cc1ccccc1)N(Cc1ccccc1Cl)C(=O)CN(c1ccc(C(C)(C)C)cc1)S(C)(=O)=O. The summed E-state index contributed by atoms with van der Waals surface area (Å²) in [5, 5.41) is 3.29. The number of anilines is 1. The number of hydrogen-bond acceptors (Lipinski definition) is 4. The molecule has 0 aliphatic heterocycles. The summed E-state index contributed by atoms with van der Waals surface area (Å²) in [5.41, 5.74) is 2.82. The third-order valence-corrected chi connectivity index (χ3v) is 8.13. The number of halogens is 1. The minimum Gasteiger partial charge on any atom is -0.355 e. The highest BCUT2D eigenvalue weighted by molar-refractivity contribution is 7.92. The molecule has 3 aromatic rings. The molecule has 7 nitrogen and oxygen atoms in total. The number of nitrogens with one attached hydrogen (secondary N) is 1. The fourth-order valence-corrected chi connectivity index (χ4v) is 5.44. The lowest BCUT2D eigenvalue weighted by atomic mass is 9.87. The molecule has 1 atom stereocenters. The van der Waals surface area contributed by atoms with E-state index >= 15 is 0 Å². The quantitative estimate of drug-likeness (QED) is 0.337. The van der Waals surface area contributed by atoms with Crippen molar-refractivity contribution in [1.82, 2.24) is 10.2 Å². The molecule has 0 aliphatic rings. The first-order valence-electron chi connectivity index (χ1n) is 13.2. The van der Waals surface area contributed by atoms with Gasteiger partial charge in [-0.05, 0) is 47.2 Å². The van der Waals surface area contributed by atoms with E-state index in [9.17, 15) is 18.0 Å². The van der Waals surface area contributed by atoms with Crippen LogP contribution in [0.3, 0.4) is 0 Å². The third kappa shape index (κ3) is 8.32. The van der Waals surface area contributed by atoms with E-state index in [4.69, 9.17) is 11.6 Å². The van der Waals surface area contributed by atoms with Gasteiger partial charge in [-0.1, -0.05) is 93.0 Å². The Hall–Kier alpha value is -3.36. The Bertz CT molecular complexity index is 1400. The predicted octanol–water partition coefficient (Wildman–Crippen LogP) is 5.18. The van der Waals surface area contributed by atoms with Crippen LogP contribution in [0.5, 0.6) is 0 Å². The topological polar surface area (TPSA) is 86.8 Å². The lowest BCUT2D eigenvalue weighted by Crippen LogP contribution is -2.53. The minimum absolute atomic E-state index is 0.0354. The van der Waals surface area contributed by atoms with E-state index in [0.717, 1.165) is 21.7 Å². The maximum Gasteiger partial charge on any atom is 0.244 e. The van der Waals surface area contributed by atoms with Gasteiger partial charge in [0.25, 0.3) is 0 Å². The lowest BCUT2D eigenvalue weighted by Gasteiger charge is -2.33. The van der Waals surface area contributed by atoms with E-state index in [1.807, 2.05) is 55.5 Å². The molecular weight excluding hydrogens is 546 g/mol. The largest absolute Gasteiger partial charge is 0.355 e. The van der Waals surface area contributed by atoms with Crippen molar-refractivity contribution in [1.29, 1.82) is 0 Å². The van der Waals surface area contributed by atoms with E-state index in [1.54, 1.807) is 30.3 Å². The summed E-state index contributed by atoms with van der Waals surface area (Å²) in [6, 6.07) is 22.8. The molecule has 0 unspecified atom stereocenters. The van der Waals surface area contributed by atoms with Gasteiger partial charge in [0, 0.05) is 24.5 Å². The number of hydrogen-bond donors (Lipinski definition) is 1. The van der Waals surface area contributed by atoms with Crippen molar-refractivity contribution in [3.63, 3.8) is 0 Å². The van der Waals surface area contributed by atoms with Crippen LogP contribution in [-0.2, 0) is 38.0 Å². The zero-order chi connectivity index (χ0) is 29.5. The molecule has 9 heteroatoms. The maximum absolute atomic E-state index is 14.1. The van der Waals surface area contributed by atoms with E-state index < -0.39 is 28.5 Å². The Balaban J connectivity index is 2.04. The molecule has 0 aromatic heterocycles. The number of amides is 2. The fourth-order valence-electron chi connectivity index (χ4n) is 4.40. The summed E-state index contributed by atoms with van der Waals surface area (Å²) in [4.78, 5) is 28.9. The number of carbonyl (C=O) groups excluding carboxylic acids is 2. The van der Waals surface area contributed by atoms with Crippen LogP contribution in [0.25, 0.3) is 0 Å². The molecule has 0 spiro atoms. The minimum atomic E-state index is -3.83. The van der Waals surface area contributed by atoms with E-state index in [0.29, 0.717) is 22.8 Å². The second kappa shape index (κ2) is 13.3. The molecule has 0 saturated carbocycles. The van der Waals surface area contributed by atoms with Crippen molar-refractivity contribution in [3.8, 4) is 0 Å². The summed E-state index contributed by atoms with van der Waals surface area (Å²) in [6.45, 7) is 7.97. The first-order valence-corrected chi connectivity index (χ1v) is 15.5. The monoisotopic (exact) mass is 583 g/mol. The lowest BCUT2D eigenvalue weighted by molar-refractivity contribution is -0.140. The average molecular weight is 584 g/mol. The smallest absolute Gasteiger partial charge is 0.244 e. The molecule has 40 heavy (non-hydrogen) atoms. The molecule has 1 N–H and O–H groups in total. The predicted molar refractivity (Wildman–Crippen MR) is 162 cm³/mol. The molecule has 0 saturated heterocycles. The van der Waals surface area contributed by atoms with Gasteiger partial charge in [-0.25, -0.2) is 8.42 Å². The number of sulfonamides is 1. The van der Waals surface area contributed by atoms with Crippen LogP contribution < -0.4 is 9.62 Å². The van der Waals surface area contributed by atoms with Crippen LogP contribution in [0.1, 0.15) is 44.4 Å². The standard InChI is InChI=1S/C31H38ClN3O4S/c1-6-33-30(37)28(20-23-12-8-7-9-13-23)34(21-24-14-10-11-15-27(24)32)29(36)22-35(40(5,38)39)26-18-16-25(17-19-26)31(2,3)4/h7-19,28H,6,20-22H2,1-5H3,(H,33,37)/t28-/m0/s1. The first kappa shape index (κ1) is 31.2. The summed E-state index contributed by atoms with van der Waals surface area (Å²) in [6.07, 6.45) is 1.32. The summed E-state index contributed by atoms with van der Waals surface area (Å²) < 4.78 is 27.0. The number of nitrogens with zero attached hydrogens (tertiary/aromatic N) is 2. The van der Waals surface area contributed by atoms with Gasteiger partial charge in [0.15, 0.2) is 0 Å². The van der Waals surface area contributed by atoms with E-state index in [-0.39, 0.29) is 24.3 Å². The average Bonchev–Trinajstić information content (AvgIpc) is 2.90. The Morgan fingerprint density at radius 1 is 0.925 bits per heavy atom. The van der Waals surface area contributed by atoms with Crippen LogP contribution >= 0.6 is 11.6 Å². The molecular formula is C31H38ClN3O4S. The van der Waals surface area contributed by atoms with Crippen LogP contribution in [0.2, 0.25) is 5.02 Å². The Labute approximate surface area is 243 Å². The second-order valence-electron chi connectivity index (χ2n) is 10.8. The van der Waals surface area contributed by atoms with Crippen molar-refractivity contribution in [2.75, 3.05) is 23.7 Å². The number of rotatable bonds is 11. The van der Waals surface area contributed by atoms with Gasteiger partial charge >= 0.3 is 0 Å². The highest BCUT2D eigenvalue weighted by atomic mass is 35.5. The fraction of sp³-hybridized carbons (Fsp3) is 0.355. The van der Waals surface area contributed by atoms with Gasteiger partial charge in [-0.2, -0.15) is 0 Å². The van der Waals surface area contributed by atoms with Crippen molar-refractivity contribution < 1.29 is 18.0 Å². The van der Waals surface area contributed by atoms with Gasteiger partial charge in [-0.15, -0.1) is 0 Å². The van der Waals surface area contributed by atoms with Gasteiger partial charge in [0.2, 0.25) is 21.8 Å². The van der Waals surface area contributed by atoms with Crippen molar-refractivity contribution in [3.05, 3.63) is 101 Å². The zero-order valence-corrected chi connectivity index (χ0v) is 25.3. The van der Waals surface area contributed by atoms with Gasteiger partial charge < -0.3 is 10.2 Å². The van der Waals surface area contributed by atoms with E-state index in [1.165, 1.54) is 4.90 Å². The van der Waals surface area contributed by atoms with E-state index in [2.05, 4.69) is 26.1 Å². The number of likely N-dealkylation sites (N-methyl/N-ethyl adjacent to an activating group) is 1. The molecule has 2 amide bonds.